The van der Waals surface area contributed by atoms with Crippen molar-refractivity contribution < 1.29 is 24.2 Å². The number of thiocarbonyl (C=S) groups is 1. The van der Waals surface area contributed by atoms with E-state index in [0.29, 0.717) is 59.1 Å². The van der Waals surface area contributed by atoms with Crippen LogP contribution in [0.3, 0.4) is 0 Å². The van der Waals surface area contributed by atoms with Crippen LogP contribution in [0.2, 0.25) is 0 Å². The number of carboxylic acids is 1. The first-order valence-electron chi connectivity index (χ1n) is 9.58. The number of carboxylic acid groups (broad SMARTS) is 1. The lowest BCUT2D eigenvalue weighted by Crippen LogP contribution is -2.29. The molecule has 0 atom stereocenters. The van der Waals surface area contributed by atoms with Gasteiger partial charge >= 0.3 is 0 Å². The maximum absolute atomic E-state index is 12.7. The SMILES string of the molecule is COc1cc(C=C2SC(=S)N(CCCCCC(=O)[O-])C2=O)ccc1OCC(C)C. The molecule has 1 aliphatic heterocycles. The van der Waals surface area contributed by atoms with Crippen molar-refractivity contribution in [3.63, 3.8) is 0 Å². The number of thioether (sulfide) groups is 1. The van der Waals surface area contributed by atoms with E-state index in [1.807, 2.05) is 18.2 Å². The van der Waals surface area contributed by atoms with Gasteiger partial charge in [-0.1, -0.05) is 50.3 Å². The molecule has 0 N–H and O–H groups in total. The van der Waals surface area contributed by atoms with Crippen LogP contribution in [-0.2, 0) is 9.59 Å². The molecule has 29 heavy (non-hydrogen) atoms. The van der Waals surface area contributed by atoms with E-state index in [1.165, 1.54) is 11.8 Å². The summed E-state index contributed by atoms with van der Waals surface area (Å²) in [6, 6.07) is 5.55. The first-order chi connectivity index (χ1) is 13.8. The van der Waals surface area contributed by atoms with Crippen molar-refractivity contribution in [1.82, 2.24) is 4.90 Å². The summed E-state index contributed by atoms with van der Waals surface area (Å²) in [5.74, 6) is 0.514. The Balaban J connectivity index is 2.01. The van der Waals surface area contributed by atoms with Crippen LogP contribution in [0, 0.1) is 5.92 Å². The van der Waals surface area contributed by atoms with Crippen molar-refractivity contribution in [2.75, 3.05) is 20.3 Å². The van der Waals surface area contributed by atoms with Gasteiger partial charge in [0.2, 0.25) is 0 Å². The first kappa shape index (κ1) is 23.2. The molecule has 0 spiro atoms. The molecule has 8 heteroatoms. The van der Waals surface area contributed by atoms with Gasteiger partial charge in [-0.3, -0.25) is 9.69 Å². The number of rotatable bonds is 11. The summed E-state index contributed by atoms with van der Waals surface area (Å²) in [6.07, 6.45) is 3.78. The highest BCUT2D eigenvalue weighted by molar-refractivity contribution is 8.26. The molecule has 1 aromatic rings. The molecule has 1 saturated heterocycles. The molecule has 1 amide bonds. The van der Waals surface area contributed by atoms with E-state index in [-0.39, 0.29) is 12.3 Å². The van der Waals surface area contributed by atoms with E-state index in [4.69, 9.17) is 21.7 Å². The number of hydrogen-bond donors (Lipinski definition) is 0. The molecule has 2 rings (SSSR count). The van der Waals surface area contributed by atoms with E-state index >= 15 is 0 Å². The number of unbranched alkanes of at least 4 members (excludes halogenated alkanes) is 2. The second-order valence-electron chi connectivity index (χ2n) is 7.13. The normalized spacial score (nSPS) is 15.4. The van der Waals surface area contributed by atoms with E-state index in [0.717, 1.165) is 5.56 Å². The van der Waals surface area contributed by atoms with Crippen LogP contribution in [0.1, 0.15) is 45.1 Å². The first-order valence-corrected chi connectivity index (χ1v) is 10.8. The monoisotopic (exact) mass is 436 g/mol. The molecule has 1 aromatic carbocycles. The Morgan fingerprint density at radius 2 is 2.03 bits per heavy atom. The Kier molecular flexibility index (Phi) is 8.98. The van der Waals surface area contributed by atoms with Crippen molar-refractivity contribution in [2.45, 2.75) is 39.5 Å². The fourth-order valence-electron chi connectivity index (χ4n) is 2.71. The molecule has 0 saturated carbocycles. The molecule has 0 radical (unpaired) electrons. The third-order valence-electron chi connectivity index (χ3n) is 4.19. The highest BCUT2D eigenvalue weighted by atomic mass is 32.2. The summed E-state index contributed by atoms with van der Waals surface area (Å²) in [5.41, 5.74) is 0.827. The quantitative estimate of drug-likeness (QED) is 0.299. The molecule has 0 aliphatic carbocycles. The predicted molar refractivity (Wildman–Crippen MR) is 117 cm³/mol. The van der Waals surface area contributed by atoms with Crippen LogP contribution in [-0.4, -0.2) is 41.4 Å². The molecule has 0 bridgehead atoms. The van der Waals surface area contributed by atoms with Gasteiger partial charge in [-0.05, 0) is 49.0 Å². The second-order valence-corrected chi connectivity index (χ2v) is 8.81. The number of ether oxygens (including phenoxy) is 2. The molecule has 0 unspecified atom stereocenters. The van der Waals surface area contributed by atoms with E-state index in [1.54, 1.807) is 18.1 Å². The maximum Gasteiger partial charge on any atom is 0.266 e. The van der Waals surface area contributed by atoms with Gasteiger partial charge in [0.25, 0.3) is 5.91 Å². The van der Waals surface area contributed by atoms with E-state index in [2.05, 4.69) is 13.8 Å². The third-order valence-corrected chi connectivity index (χ3v) is 5.57. The third kappa shape index (κ3) is 7.04. The fraction of sp³-hybridized carbons (Fsp3) is 0.476. The number of carbonyl (C=O) groups excluding carboxylic acids is 2. The molecule has 158 valence electrons. The Labute approximate surface area is 181 Å². The Hall–Kier alpha value is -2.06. The summed E-state index contributed by atoms with van der Waals surface area (Å²) in [5, 5.41) is 10.4. The zero-order valence-corrected chi connectivity index (χ0v) is 18.6. The van der Waals surface area contributed by atoms with Gasteiger partial charge in [-0.25, -0.2) is 0 Å². The van der Waals surface area contributed by atoms with Crippen molar-refractivity contribution in [3.05, 3.63) is 28.7 Å². The van der Waals surface area contributed by atoms with Gasteiger partial charge in [0, 0.05) is 12.5 Å². The lowest BCUT2D eigenvalue weighted by molar-refractivity contribution is -0.305. The Morgan fingerprint density at radius 1 is 1.28 bits per heavy atom. The Bertz CT molecular complexity index is 791. The van der Waals surface area contributed by atoms with Crippen LogP contribution in [0.4, 0.5) is 0 Å². The van der Waals surface area contributed by atoms with Crippen LogP contribution < -0.4 is 14.6 Å². The number of carbonyl (C=O) groups is 2. The van der Waals surface area contributed by atoms with Gasteiger partial charge < -0.3 is 19.4 Å². The molecule has 6 nitrogen and oxygen atoms in total. The highest BCUT2D eigenvalue weighted by Crippen LogP contribution is 2.35. The lowest BCUT2D eigenvalue weighted by Gasteiger charge is -2.14. The predicted octanol–water partition coefficient (Wildman–Crippen LogP) is 3.24. The average molecular weight is 437 g/mol. The summed E-state index contributed by atoms with van der Waals surface area (Å²) >= 11 is 6.61. The molecule has 0 aromatic heterocycles. The smallest absolute Gasteiger partial charge is 0.266 e. The van der Waals surface area contributed by atoms with Crippen molar-refractivity contribution in [3.8, 4) is 11.5 Å². The summed E-state index contributed by atoms with van der Waals surface area (Å²) < 4.78 is 11.7. The number of hydrogen-bond acceptors (Lipinski definition) is 7. The Morgan fingerprint density at radius 3 is 2.69 bits per heavy atom. The van der Waals surface area contributed by atoms with E-state index in [9.17, 15) is 14.7 Å². The fourth-order valence-corrected chi connectivity index (χ4v) is 4.02. The zero-order chi connectivity index (χ0) is 21.4. The molecule has 1 aliphatic rings. The summed E-state index contributed by atoms with van der Waals surface area (Å²) in [6.45, 7) is 5.23. The highest BCUT2D eigenvalue weighted by Gasteiger charge is 2.31. The number of benzene rings is 1. The largest absolute Gasteiger partial charge is 0.550 e. The van der Waals surface area contributed by atoms with Gasteiger partial charge in [-0.2, -0.15) is 0 Å². The summed E-state index contributed by atoms with van der Waals surface area (Å²) in [4.78, 5) is 25.3. The second kappa shape index (κ2) is 11.2. The topological polar surface area (TPSA) is 78.9 Å². The minimum Gasteiger partial charge on any atom is -0.550 e. The van der Waals surface area contributed by atoms with E-state index < -0.39 is 5.97 Å². The van der Waals surface area contributed by atoms with Gasteiger partial charge in [0.1, 0.15) is 4.32 Å². The van der Waals surface area contributed by atoms with Crippen molar-refractivity contribution in [1.29, 1.82) is 0 Å². The summed E-state index contributed by atoms with van der Waals surface area (Å²) in [7, 11) is 1.58. The molecular formula is C21H26NO5S2-. The van der Waals surface area contributed by atoms with Crippen LogP contribution in [0.15, 0.2) is 23.1 Å². The van der Waals surface area contributed by atoms with Gasteiger partial charge in [0.05, 0.1) is 18.6 Å². The minimum absolute atomic E-state index is 0.0387. The average Bonchev–Trinajstić information content (AvgIpc) is 2.93. The van der Waals surface area contributed by atoms with Crippen LogP contribution >= 0.6 is 24.0 Å². The molecule has 1 fully saturated rings. The number of nitrogens with zero attached hydrogens (tertiary/aromatic N) is 1. The van der Waals surface area contributed by atoms with Crippen molar-refractivity contribution >= 4 is 46.3 Å². The zero-order valence-electron chi connectivity index (χ0n) is 16.9. The maximum atomic E-state index is 12.7. The minimum atomic E-state index is -1.05. The van der Waals surface area contributed by atoms with Crippen LogP contribution in [0.5, 0.6) is 11.5 Å². The molecular weight excluding hydrogens is 410 g/mol. The number of aliphatic carboxylic acids is 1. The standard InChI is InChI=1S/C21H27NO5S2/c1-14(2)13-27-16-9-8-15(11-17(16)26-3)12-18-20(25)22(21(28)29-18)10-6-4-5-7-19(23)24/h8-9,11-12,14H,4-7,10,13H2,1-3H3,(H,23,24)/p-1. The van der Waals surface area contributed by atoms with Gasteiger partial charge in [0.15, 0.2) is 11.5 Å². The van der Waals surface area contributed by atoms with Crippen molar-refractivity contribution in [2.24, 2.45) is 5.92 Å². The molecule has 1 heterocycles. The number of amides is 1. The number of methoxy groups -OCH3 is 1. The lowest BCUT2D eigenvalue weighted by atomic mass is 10.1. The van der Waals surface area contributed by atoms with Gasteiger partial charge in [-0.15, -0.1) is 0 Å². The van der Waals surface area contributed by atoms with Crippen LogP contribution in [0.25, 0.3) is 6.08 Å².